The van der Waals surface area contributed by atoms with Crippen molar-refractivity contribution in [2.24, 2.45) is 0 Å². The van der Waals surface area contributed by atoms with E-state index in [1.165, 1.54) is 12.1 Å². The molecule has 1 saturated heterocycles. The maximum Gasteiger partial charge on any atom is 0.341 e. The van der Waals surface area contributed by atoms with Crippen LogP contribution in [-0.2, 0) is 9.84 Å². The highest BCUT2D eigenvalue weighted by molar-refractivity contribution is 7.91. The molecule has 1 aliphatic rings. The van der Waals surface area contributed by atoms with E-state index in [1.807, 2.05) is 6.07 Å². The maximum atomic E-state index is 12.5. The second-order valence-corrected chi connectivity index (χ2v) is 8.05. The maximum absolute atomic E-state index is 12.5. The summed E-state index contributed by atoms with van der Waals surface area (Å²) in [5, 5.41) is 2.59. The first kappa shape index (κ1) is 19.8. The summed E-state index contributed by atoms with van der Waals surface area (Å²) < 4.78 is 47.7. The van der Waals surface area contributed by atoms with Crippen LogP contribution in [0, 0.1) is 0 Å². The molecule has 3 rings (SSSR count). The Morgan fingerprint density at radius 2 is 1.68 bits per heavy atom. The zero-order valence-corrected chi connectivity index (χ0v) is 15.5. The average Bonchev–Trinajstić information content (AvgIpc) is 3.22. The SMILES string of the molecule is O=C(NNc1ccc(S(=O)(=O)C(F)F)cc1)Nc1ccc(N2CCCC2)nc1. The quantitative estimate of drug-likeness (QED) is 0.632. The van der Waals surface area contributed by atoms with Crippen molar-refractivity contribution in [3.8, 4) is 0 Å². The van der Waals surface area contributed by atoms with Gasteiger partial charge >= 0.3 is 11.8 Å². The molecular weight excluding hydrogens is 392 g/mol. The van der Waals surface area contributed by atoms with Gasteiger partial charge < -0.3 is 10.2 Å². The van der Waals surface area contributed by atoms with Gasteiger partial charge in [0.15, 0.2) is 0 Å². The number of carbonyl (C=O) groups excluding carboxylic acids is 1. The van der Waals surface area contributed by atoms with E-state index >= 15 is 0 Å². The largest absolute Gasteiger partial charge is 0.357 e. The number of alkyl halides is 2. The van der Waals surface area contributed by atoms with Crippen molar-refractivity contribution in [2.75, 3.05) is 28.7 Å². The van der Waals surface area contributed by atoms with Crippen molar-refractivity contribution in [3.05, 3.63) is 42.6 Å². The second-order valence-electron chi connectivity index (χ2n) is 6.13. The molecule has 2 heterocycles. The molecule has 1 aromatic carbocycles. The molecule has 0 unspecified atom stereocenters. The zero-order chi connectivity index (χ0) is 20.1. The number of urea groups is 1. The lowest BCUT2D eigenvalue weighted by Gasteiger charge is -2.16. The molecule has 1 aliphatic heterocycles. The molecule has 0 saturated carbocycles. The Morgan fingerprint density at radius 3 is 2.25 bits per heavy atom. The van der Waals surface area contributed by atoms with Crippen molar-refractivity contribution in [3.63, 3.8) is 0 Å². The highest BCUT2D eigenvalue weighted by Gasteiger charge is 2.26. The molecule has 8 nitrogen and oxygen atoms in total. The number of nitrogens with zero attached hydrogens (tertiary/aromatic N) is 2. The summed E-state index contributed by atoms with van der Waals surface area (Å²) in [4.78, 5) is 17.9. The lowest BCUT2D eigenvalue weighted by Crippen LogP contribution is -2.33. The van der Waals surface area contributed by atoms with E-state index in [-0.39, 0.29) is 0 Å². The summed E-state index contributed by atoms with van der Waals surface area (Å²) in [7, 11) is -4.65. The van der Waals surface area contributed by atoms with Gasteiger partial charge in [-0.1, -0.05) is 0 Å². The highest BCUT2D eigenvalue weighted by atomic mass is 32.2. The number of halogens is 2. The van der Waals surface area contributed by atoms with Crippen molar-refractivity contribution < 1.29 is 22.0 Å². The fourth-order valence-electron chi connectivity index (χ4n) is 2.72. The van der Waals surface area contributed by atoms with Crippen LogP contribution in [0.5, 0.6) is 0 Å². The minimum atomic E-state index is -4.65. The number of benzene rings is 1. The summed E-state index contributed by atoms with van der Waals surface area (Å²) in [6.45, 7) is 1.95. The minimum absolute atomic E-state index is 0.325. The molecule has 0 aliphatic carbocycles. The zero-order valence-electron chi connectivity index (χ0n) is 14.7. The van der Waals surface area contributed by atoms with Crippen LogP contribution in [0.1, 0.15) is 12.8 Å². The lowest BCUT2D eigenvalue weighted by molar-refractivity contribution is 0.234. The molecule has 150 valence electrons. The van der Waals surface area contributed by atoms with E-state index in [0.717, 1.165) is 43.9 Å². The fourth-order valence-corrected chi connectivity index (χ4v) is 3.44. The number of carbonyl (C=O) groups is 1. The third-order valence-corrected chi connectivity index (χ3v) is 5.57. The van der Waals surface area contributed by atoms with Crippen molar-refractivity contribution in [1.29, 1.82) is 0 Å². The van der Waals surface area contributed by atoms with Gasteiger partial charge in [0, 0.05) is 13.1 Å². The van der Waals surface area contributed by atoms with E-state index in [1.54, 1.807) is 12.3 Å². The topological polar surface area (TPSA) is 103 Å². The number of hydrogen-bond donors (Lipinski definition) is 3. The summed E-state index contributed by atoms with van der Waals surface area (Å²) in [6.07, 6.45) is 3.84. The number of hydrogen-bond acceptors (Lipinski definition) is 6. The van der Waals surface area contributed by atoms with Gasteiger partial charge in [-0.3, -0.25) is 10.9 Å². The van der Waals surface area contributed by atoms with Gasteiger partial charge in [-0.05, 0) is 49.2 Å². The first-order valence-corrected chi connectivity index (χ1v) is 10.1. The van der Waals surface area contributed by atoms with Gasteiger partial charge in [0.1, 0.15) is 5.82 Å². The Hall–Kier alpha value is -2.95. The van der Waals surface area contributed by atoms with Crippen LogP contribution in [0.25, 0.3) is 0 Å². The Balaban J connectivity index is 1.51. The molecule has 1 aromatic heterocycles. The van der Waals surface area contributed by atoms with Gasteiger partial charge in [-0.2, -0.15) is 8.78 Å². The number of aromatic nitrogens is 1. The average molecular weight is 411 g/mol. The molecule has 28 heavy (non-hydrogen) atoms. The van der Waals surface area contributed by atoms with Crippen molar-refractivity contribution >= 4 is 33.1 Å². The van der Waals surface area contributed by atoms with Crippen molar-refractivity contribution in [2.45, 2.75) is 23.5 Å². The van der Waals surface area contributed by atoms with Crippen LogP contribution < -0.4 is 21.1 Å². The smallest absolute Gasteiger partial charge is 0.341 e. The summed E-state index contributed by atoms with van der Waals surface area (Å²) in [5.41, 5.74) is 5.74. The molecule has 1 fully saturated rings. The fraction of sp³-hybridized carbons (Fsp3) is 0.294. The normalized spacial score (nSPS) is 14.2. The van der Waals surface area contributed by atoms with Crippen LogP contribution in [0.4, 0.5) is 30.8 Å². The minimum Gasteiger partial charge on any atom is -0.357 e. The number of hydrazine groups is 1. The molecule has 0 radical (unpaired) electrons. The van der Waals surface area contributed by atoms with Crippen LogP contribution in [0.15, 0.2) is 47.5 Å². The van der Waals surface area contributed by atoms with Crippen molar-refractivity contribution in [1.82, 2.24) is 10.4 Å². The van der Waals surface area contributed by atoms with Crippen LogP contribution in [-0.4, -0.2) is 38.3 Å². The molecular formula is C17H19F2N5O3S. The Kier molecular flexibility index (Phi) is 5.93. The molecule has 0 spiro atoms. The van der Waals surface area contributed by atoms with Gasteiger partial charge in [0.05, 0.1) is 22.5 Å². The number of amides is 2. The predicted molar refractivity (Wildman–Crippen MR) is 101 cm³/mol. The third kappa shape index (κ3) is 4.66. The molecule has 0 bridgehead atoms. The summed E-state index contributed by atoms with van der Waals surface area (Å²) >= 11 is 0. The van der Waals surface area contributed by atoms with E-state index in [4.69, 9.17) is 0 Å². The van der Waals surface area contributed by atoms with E-state index < -0.39 is 26.5 Å². The number of anilines is 3. The van der Waals surface area contributed by atoms with Crippen LogP contribution >= 0.6 is 0 Å². The number of rotatable bonds is 6. The molecule has 2 aromatic rings. The Morgan fingerprint density at radius 1 is 1.04 bits per heavy atom. The van der Waals surface area contributed by atoms with Gasteiger partial charge in [-0.25, -0.2) is 18.2 Å². The van der Waals surface area contributed by atoms with E-state index in [0.29, 0.717) is 11.4 Å². The second kappa shape index (κ2) is 8.38. The number of pyridine rings is 1. The van der Waals surface area contributed by atoms with Gasteiger partial charge in [-0.15, -0.1) is 0 Å². The predicted octanol–water partition coefficient (Wildman–Crippen LogP) is 2.83. The first-order valence-electron chi connectivity index (χ1n) is 8.52. The van der Waals surface area contributed by atoms with Gasteiger partial charge in [0.2, 0.25) is 9.84 Å². The van der Waals surface area contributed by atoms with E-state index in [9.17, 15) is 22.0 Å². The molecule has 3 N–H and O–H groups in total. The summed E-state index contributed by atoms with van der Waals surface area (Å²) in [6, 6.07) is 7.60. The number of sulfone groups is 1. The molecule has 11 heteroatoms. The lowest BCUT2D eigenvalue weighted by atomic mass is 10.3. The third-order valence-electron chi connectivity index (χ3n) is 4.17. The first-order chi connectivity index (χ1) is 13.4. The Labute approximate surface area is 160 Å². The standard InChI is InChI=1S/C17H19F2N5O3S/c18-16(19)28(26,27)14-6-3-12(4-7-14)22-23-17(25)21-13-5-8-15(20-11-13)24-9-1-2-10-24/h3-8,11,16,22H,1-2,9-10H2,(H2,21,23,25). The Bertz CT molecular complexity index is 915. The highest BCUT2D eigenvalue weighted by Crippen LogP contribution is 2.20. The molecule has 0 atom stereocenters. The van der Waals surface area contributed by atoms with Gasteiger partial charge in [0.25, 0.3) is 0 Å². The molecule has 2 amide bonds. The van der Waals surface area contributed by atoms with E-state index in [2.05, 4.69) is 26.1 Å². The number of nitrogens with one attached hydrogen (secondary N) is 3. The summed E-state index contributed by atoms with van der Waals surface area (Å²) in [5.74, 6) is -2.62. The van der Waals surface area contributed by atoms with Crippen LogP contribution in [0.2, 0.25) is 0 Å². The monoisotopic (exact) mass is 411 g/mol. The van der Waals surface area contributed by atoms with Crippen LogP contribution in [0.3, 0.4) is 0 Å².